The number of fused-ring (bicyclic) bond motifs is 1. The molecule has 0 bridgehead atoms. The van der Waals surface area contributed by atoms with Gasteiger partial charge in [-0.1, -0.05) is 13.0 Å². The molecule has 2 aromatic carbocycles. The molecule has 7 nitrogen and oxygen atoms in total. The van der Waals surface area contributed by atoms with E-state index in [1.807, 2.05) is 0 Å². The largest absolute Gasteiger partial charge is 0.493 e. The molecule has 1 aliphatic rings. The van der Waals surface area contributed by atoms with Gasteiger partial charge in [0.25, 0.3) is 5.56 Å². The maximum absolute atomic E-state index is 14.0. The lowest BCUT2D eigenvalue weighted by Gasteiger charge is -2.15. The van der Waals surface area contributed by atoms with Crippen molar-refractivity contribution >= 4 is 20.8 Å². The van der Waals surface area contributed by atoms with Crippen LogP contribution in [0.2, 0.25) is 0 Å². The minimum absolute atomic E-state index is 0.0318. The van der Waals surface area contributed by atoms with Gasteiger partial charge >= 0.3 is 5.76 Å². The number of ether oxygens (including phenoxy) is 1. The van der Waals surface area contributed by atoms with Crippen molar-refractivity contribution in [2.75, 3.05) is 18.1 Å². The molecule has 1 fully saturated rings. The molecule has 1 aliphatic carbocycles. The van der Waals surface area contributed by atoms with Crippen molar-refractivity contribution in [2.45, 2.75) is 38.5 Å². The van der Waals surface area contributed by atoms with E-state index in [0.717, 1.165) is 18.4 Å². The molecule has 0 unspecified atom stereocenters. The summed E-state index contributed by atoms with van der Waals surface area (Å²) in [5.41, 5.74) is 1.01. The van der Waals surface area contributed by atoms with Gasteiger partial charge in [-0.25, -0.2) is 17.6 Å². The summed E-state index contributed by atoms with van der Waals surface area (Å²) in [4.78, 5) is 25.2. The summed E-state index contributed by atoms with van der Waals surface area (Å²) < 4.78 is 50.0. The molecule has 1 saturated carbocycles. The predicted molar refractivity (Wildman–Crippen MR) is 123 cm³/mol. The number of benzene rings is 2. The van der Waals surface area contributed by atoms with Crippen molar-refractivity contribution in [3.05, 3.63) is 74.2 Å². The fraction of sp³-hybridized carbons (Fsp3) is 0.417. The first-order chi connectivity index (χ1) is 15.7. The molecule has 176 valence electrons. The van der Waals surface area contributed by atoms with Gasteiger partial charge in [0, 0.05) is 6.07 Å². The highest BCUT2D eigenvalue weighted by atomic mass is 32.2. The van der Waals surface area contributed by atoms with Crippen LogP contribution in [-0.4, -0.2) is 31.5 Å². The summed E-state index contributed by atoms with van der Waals surface area (Å²) in [6, 6.07) is 9.24. The molecule has 4 rings (SSSR count). The van der Waals surface area contributed by atoms with E-state index in [1.54, 1.807) is 25.1 Å². The van der Waals surface area contributed by atoms with Crippen LogP contribution in [0.1, 0.15) is 43.2 Å². The zero-order valence-corrected chi connectivity index (χ0v) is 19.1. The van der Waals surface area contributed by atoms with Crippen molar-refractivity contribution in [3.8, 4) is 5.75 Å². The number of aryl methyl sites for hydroxylation is 1. The van der Waals surface area contributed by atoms with Crippen molar-refractivity contribution in [1.29, 1.82) is 0 Å². The van der Waals surface area contributed by atoms with Gasteiger partial charge in [-0.2, -0.15) is 0 Å². The van der Waals surface area contributed by atoms with Crippen LogP contribution in [-0.2, 0) is 16.3 Å². The van der Waals surface area contributed by atoms with Crippen molar-refractivity contribution in [1.82, 2.24) is 4.98 Å². The van der Waals surface area contributed by atoms with Crippen LogP contribution in [0.15, 0.2) is 50.4 Å². The Labute approximate surface area is 190 Å². The minimum Gasteiger partial charge on any atom is -0.493 e. The third-order valence-corrected chi connectivity index (χ3v) is 7.70. The maximum Gasteiger partial charge on any atom is 0.419 e. The van der Waals surface area contributed by atoms with Gasteiger partial charge in [0.15, 0.2) is 9.84 Å². The Morgan fingerprint density at radius 1 is 1.18 bits per heavy atom. The van der Waals surface area contributed by atoms with Crippen LogP contribution in [0, 0.1) is 11.7 Å². The number of hydrogen-bond acceptors (Lipinski definition) is 6. The molecule has 0 amide bonds. The van der Waals surface area contributed by atoms with E-state index < -0.39 is 27.0 Å². The van der Waals surface area contributed by atoms with Crippen LogP contribution < -0.4 is 16.1 Å². The smallest absolute Gasteiger partial charge is 0.419 e. The Kier molecular flexibility index (Phi) is 6.69. The summed E-state index contributed by atoms with van der Waals surface area (Å²) in [7, 11) is -3.39. The fourth-order valence-electron chi connectivity index (χ4n) is 3.79. The molecule has 1 N–H and O–H groups in total. The van der Waals surface area contributed by atoms with Gasteiger partial charge < -0.3 is 9.15 Å². The van der Waals surface area contributed by atoms with E-state index in [1.165, 1.54) is 18.2 Å². The lowest BCUT2D eigenvalue weighted by molar-refractivity contribution is 0.298. The maximum atomic E-state index is 14.0. The second kappa shape index (κ2) is 9.51. The average molecular weight is 476 g/mol. The Hall–Kier alpha value is -2.94. The van der Waals surface area contributed by atoms with Gasteiger partial charge in [0.05, 0.1) is 23.5 Å². The number of nitrogens with one attached hydrogen (secondary N) is 1. The van der Waals surface area contributed by atoms with Crippen molar-refractivity contribution < 1.29 is 22.0 Å². The number of rotatable bonds is 10. The molecule has 1 heterocycles. The highest BCUT2D eigenvalue weighted by Gasteiger charge is 2.23. The first-order valence-corrected chi connectivity index (χ1v) is 12.8. The lowest BCUT2D eigenvalue weighted by Crippen LogP contribution is -2.18. The topological polar surface area (TPSA) is 106 Å². The molecule has 3 aromatic rings. The second-order valence-corrected chi connectivity index (χ2v) is 11.0. The number of halogens is 1. The molecular formula is C24H26FNO6S. The van der Waals surface area contributed by atoms with Crippen molar-refractivity contribution in [2.24, 2.45) is 5.92 Å². The third-order valence-electron chi connectivity index (χ3n) is 5.78. The van der Waals surface area contributed by atoms with E-state index in [-0.39, 0.29) is 28.4 Å². The Bertz CT molecular complexity index is 1370. The highest BCUT2D eigenvalue weighted by molar-refractivity contribution is 7.91. The van der Waals surface area contributed by atoms with Gasteiger partial charge in [0.1, 0.15) is 17.1 Å². The van der Waals surface area contributed by atoms with Crippen LogP contribution >= 0.6 is 0 Å². The Balaban J connectivity index is 1.35. The highest BCUT2D eigenvalue weighted by Crippen LogP contribution is 2.31. The van der Waals surface area contributed by atoms with E-state index in [4.69, 9.17) is 9.15 Å². The summed E-state index contributed by atoms with van der Waals surface area (Å²) in [5.74, 6) is -0.796. The summed E-state index contributed by atoms with van der Waals surface area (Å²) in [6.07, 6.45) is 3.07. The minimum atomic E-state index is -3.39. The number of aromatic amines is 1. The molecule has 1 atom stereocenters. The summed E-state index contributed by atoms with van der Waals surface area (Å²) in [6.45, 7) is 2.32. The molecule has 0 spiro atoms. The monoisotopic (exact) mass is 475 g/mol. The van der Waals surface area contributed by atoms with Crippen LogP contribution in [0.5, 0.6) is 5.75 Å². The first kappa shape index (κ1) is 23.2. The first-order valence-electron chi connectivity index (χ1n) is 11.0. The van der Waals surface area contributed by atoms with Gasteiger partial charge in [0.2, 0.25) is 0 Å². The SMILES string of the molecule is C[C@@H](CS(=O)(=O)CCCc1ccc2oc(=O)[nH]c(=O)c2c1)c1cc(F)cc(OCC2CC2)c1. The quantitative estimate of drug-likeness (QED) is 0.481. The number of H-pyrrole nitrogens is 1. The van der Waals surface area contributed by atoms with E-state index in [9.17, 15) is 22.4 Å². The molecule has 0 aliphatic heterocycles. The van der Waals surface area contributed by atoms with Crippen LogP contribution in [0.25, 0.3) is 11.0 Å². The lowest BCUT2D eigenvalue weighted by atomic mass is 10.0. The zero-order chi connectivity index (χ0) is 23.6. The van der Waals surface area contributed by atoms with E-state index in [2.05, 4.69) is 4.98 Å². The van der Waals surface area contributed by atoms with Crippen LogP contribution in [0.4, 0.5) is 4.39 Å². The van der Waals surface area contributed by atoms with Crippen LogP contribution in [0.3, 0.4) is 0 Å². The molecule has 0 saturated heterocycles. The third kappa shape index (κ3) is 6.31. The summed E-state index contributed by atoms with van der Waals surface area (Å²) >= 11 is 0. The average Bonchev–Trinajstić information content (AvgIpc) is 3.56. The van der Waals surface area contributed by atoms with E-state index >= 15 is 0 Å². The van der Waals surface area contributed by atoms with Gasteiger partial charge in [-0.05, 0) is 72.9 Å². The van der Waals surface area contributed by atoms with Crippen molar-refractivity contribution in [3.63, 3.8) is 0 Å². The normalized spacial score (nSPS) is 15.0. The summed E-state index contributed by atoms with van der Waals surface area (Å²) in [5, 5.41) is 0.245. The number of aromatic nitrogens is 1. The zero-order valence-electron chi connectivity index (χ0n) is 18.3. The standard InChI is InChI=1S/C24H26FNO6S/c1-15(18-10-19(25)12-20(11-18)31-13-17-4-5-17)14-33(29,30)8-2-3-16-6-7-22-21(9-16)23(27)26-24(28)32-22/h6-7,9-12,15,17H,2-5,8,13-14H2,1H3,(H,26,27,28)/t15-/m0/s1. The predicted octanol–water partition coefficient (Wildman–Crippen LogP) is 3.56. The molecule has 33 heavy (non-hydrogen) atoms. The second-order valence-electron chi connectivity index (χ2n) is 8.77. The molecule has 1 aromatic heterocycles. The number of hydrogen-bond donors (Lipinski definition) is 1. The fourth-order valence-corrected chi connectivity index (χ4v) is 5.50. The van der Waals surface area contributed by atoms with Gasteiger partial charge in [-0.3, -0.25) is 9.78 Å². The molecule has 0 radical (unpaired) electrons. The molecule has 9 heteroatoms. The Morgan fingerprint density at radius 3 is 2.73 bits per heavy atom. The van der Waals surface area contributed by atoms with Gasteiger partial charge in [-0.15, -0.1) is 0 Å². The molecular weight excluding hydrogens is 449 g/mol. The van der Waals surface area contributed by atoms with E-state index in [0.29, 0.717) is 36.7 Å². The number of sulfone groups is 1. The Morgan fingerprint density at radius 2 is 1.97 bits per heavy atom.